The number of para-hydroxylation sites is 1. The highest BCUT2D eigenvalue weighted by Gasteiger charge is 2.05. The number of nitrogens with zero attached hydrogens (tertiary/aromatic N) is 1. The Morgan fingerprint density at radius 1 is 1.00 bits per heavy atom. The van der Waals surface area contributed by atoms with Crippen LogP contribution in [0.4, 0.5) is 0 Å². The second-order valence-corrected chi connectivity index (χ2v) is 7.16. The molecular weight excluding hydrogens is 312 g/mol. The maximum absolute atomic E-state index is 12.0. The highest BCUT2D eigenvalue weighted by Crippen LogP contribution is 2.13. The Labute approximate surface area is 133 Å². The Balaban J connectivity index is 1.92. The number of rotatable bonds is 3. The van der Waals surface area contributed by atoms with Gasteiger partial charge in [-0.25, -0.2) is 13.4 Å². The van der Waals surface area contributed by atoms with Crippen molar-refractivity contribution in [3.63, 3.8) is 0 Å². The number of aromatic nitrogens is 2. The minimum absolute atomic E-state index is 0.192. The first-order valence-electron chi connectivity index (χ1n) is 6.91. The Kier molecular flexibility index (Phi) is 3.83. The number of hydrogen-bond acceptors (Lipinski definition) is 4. The van der Waals surface area contributed by atoms with Crippen LogP contribution in [-0.4, -0.2) is 24.6 Å². The molecule has 0 saturated heterocycles. The van der Waals surface area contributed by atoms with E-state index < -0.39 is 9.84 Å². The monoisotopic (exact) mass is 326 g/mol. The summed E-state index contributed by atoms with van der Waals surface area (Å²) in [5.74, 6) is 0.445. The molecule has 0 radical (unpaired) electrons. The number of fused-ring (bicyclic) bond motifs is 1. The predicted molar refractivity (Wildman–Crippen MR) is 90.8 cm³/mol. The first-order valence-corrected chi connectivity index (χ1v) is 8.80. The third-order valence-electron chi connectivity index (χ3n) is 3.37. The molecule has 0 atom stereocenters. The minimum Gasteiger partial charge on any atom is -0.306 e. The summed E-state index contributed by atoms with van der Waals surface area (Å²) < 4.78 is 22.8. The SMILES string of the molecule is CS(=O)(=O)c1ccc(C=Cc2nc3ccccc3c(=O)[nH]2)cc1. The molecule has 2 aromatic carbocycles. The smallest absolute Gasteiger partial charge is 0.259 e. The minimum atomic E-state index is -3.20. The Morgan fingerprint density at radius 3 is 2.39 bits per heavy atom. The third kappa shape index (κ3) is 3.37. The van der Waals surface area contributed by atoms with Gasteiger partial charge in [0.1, 0.15) is 5.82 Å². The molecule has 0 unspecified atom stereocenters. The summed E-state index contributed by atoms with van der Waals surface area (Å²) in [5, 5.41) is 0.544. The normalized spacial score (nSPS) is 12.0. The average Bonchev–Trinajstić information content (AvgIpc) is 2.52. The van der Waals surface area contributed by atoms with Crippen LogP contribution in [-0.2, 0) is 9.84 Å². The van der Waals surface area contributed by atoms with Crippen LogP contribution in [0.25, 0.3) is 23.1 Å². The third-order valence-corrected chi connectivity index (χ3v) is 4.50. The average molecular weight is 326 g/mol. The van der Waals surface area contributed by atoms with Gasteiger partial charge in [-0.2, -0.15) is 0 Å². The molecule has 0 spiro atoms. The second kappa shape index (κ2) is 5.81. The molecule has 1 N–H and O–H groups in total. The summed E-state index contributed by atoms with van der Waals surface area (Å²) in [4.78, 5) is 19.3. The van der Waals surface area contributed by atoms with Crippen LogP contribution >= 0.6 is 0 Å². The molecule has 1 heterocycles. The van der Waals surface area contributed by atoms with E-state index >= 15 is 0 Å². The van der Waals surface area contributed by atoms with E-state index in [2.05, 4.69) is 9.97 Å². The van der Waals surface area contributed by atoms with Crippen LogP contribution in [0.2, 0.25) is 0 Å². The number of sulfone groups is 1. The molecular formula is C17H14N2O3S. The molecule has 116 valence electrons. The van der Waals surface area contributed by atoms with Crippen LogP contribution in [0.3, 0.4) is 0 Å². The van der Waals surface area contributed by atoms with Gasteiger partial charge in [0.2, 0.25) is 0 Å². The van der Waals surface area contributed by atoms with Gasteiger partial charge in [-0.3, -0.25) is 4.79 Å². The van der Waals surface area contributed by atoms with Crippen molar-refractivity contribution in [2.24, 2.45) is 0 Å². The predicted octanol–water partition coefficient (Wildman–Crippen LogP) is 2.50. The second-order valence-electron chi connectivity index (χ2n) is 5.14. The number of aromatic amines is 1. The molecule has 0 aliphatic heterocycles. The molecule has 0 aliphatic rings. The van der Waals surface area contributed by atoms with Crippen LogP contribution in [0.5, 0.6) is 0 Å². The van der Waals surface area contributed by atoms with E-state index in [9.17, 15) is 13.2 Å². The lowest BCUT2D eigenvalue weighted by Gasteiger charge is -2.00. The summed E-state index contributed by atoms with van der Waals surface area (Å²) >= 11 is 0. The van der Waals surface area contributed by atoms with Crippen LogP contribution < -0.4 is 5.56 Å². The van der Waals surface area contributed by atoms with Gasteiger partial charge in [0.25, 0.3) is 5.56 Å². The van der Waals surface area contributed by atoms with Gasteiger partial charge < -0.3 is 4.98 Å². The molecule has 23 heavy (non-hydrogen) atoms. The first kappa shape index (κ1) is 15.2. The highest BCUT2D eigenvalue weighted by molar-refractivity contribution is 7.90. The van der Waals surface area contributed by atoms with E-state index in [1.54, 1.807) is 54.6 Å². The van der Waals surface area contributed by atoms with Crippen molar-refractivity contribution in [2.45, 2.75) is 4.90 Å². The lowest BCUT2D eigenvalue weighted by molar-refractivity contribution is 0.602. The molecule has 0 aliphatic carbocycles. The van der Waals surface area contributed by atoms with Crippen molar-refractivity contribution >= 4 is 32.9 Å². The van der Waals surface area contributed by atoms with Crippen LogP contribution in [0.1, 0.15) is 11.4 Å². The summed E-state index contributed by atoms with van der Waals surface area (Å²) in [6.45, 7) is 0. The lowest BCUT2D eigenvalue weighted by atomic mass is 10.2. The van der Waals surface area contributed by atoms with Gasteiger partial charge in [-0.05, 0) is 35.9 Å². The fraction of sp³-hybridized carbons (Fsp3) is 0.0588. The lowest BCUT2D eigenvalue weighted by Crippen LogP contribution is -2.09. The topological polar surface area (TPSA) is 79.9 Å². The van der Waals surface area contributed by atoms with Crippen molar-refractivity contribution in [3.8, 4) is 0 Å². The van der Waals surface area contributed by atoms with E-state index in [0.29, 0.717) is 16.7 Å². The maximum atomic E-state index is 12.0. The van der Waals surface area contributed by atoms with Crippen molar-refractivity contribution in [2.75, 3.05) is 6.26 Å². The number of benzene rings is 2. The zero-order valence-corrected chi connectivity index (χ0v) is 13.2. The van der Waals surface area contributed by atoms with Gasteiger partial charge in [-0.1, -0.05) is 30.3 Å². The zero-order valence-electron chi connectivity index (χ0n) is 12.4. The van der Waals surface area contributed by atoms with E-state index in [-0.39, 0.29) is 10.5 Å². The zero-order chi connectivity index (χ0) is 16.4. The van der Waals surface area contributed by atoms with Gasteiger partial charge >= 0.3 is 0 Å². The fourth-order valence-corrected chi connectivity index (χ4v) is 2.82. The first-order chi connectivity index (χ1) is 10.9. The van der Waals surface area contributed by atoms with Crippen molar-refractivity contribution in [1.29, 1.82) is 0 Å². The number of nitrogens with one attached hydrogen (secondary N) is 1. The van der Waals surface area contributed by atoms with Gasteiger partial charge in [-0.15, -0.1) is 0 Å². The van der Waals surface area contributed by atoms with Gasteiger partial charge in [0.05, 0.1) is 15.8 Å². The van der Waals surface area contributed by atoms with E-state index in [0.717, 1.165) is 5.56 Å². The van der Waals surface area contributed by atoms with Crippen LogP contribution in [0, 0.1) is 0 Å². The number of hydrogen-bond donors (Lipinski definition) is 1. The van der Waals surface area contributed by atoms with Gasteiger partial charge in [0.15, 0.2) is 9.84 Å². The molecule has 0 amide bonds. The Hall–Kier alpha value is -2.73. The standard InChI is InChI=1S/C17H14N2O3S/c1-23(21,22)13-9-6-12(7-10-13)8-11-16-18-15-5-3-2-4-14(15)17(20)19-16/h2-11H,1H3,(H,18,19,20). The van der Waals surface area contributed by atoms with E-state index in [1.165, 1.54) is 6.26 Å². The molecule has 1 aromatic heterocycles. The molecule has 0 saturated carbocycles. The number of H-pyrrole nitrogens is 1. The van der Waals surface area contributed by atoms with Gasteiger partial charge in [0, 0.05) is 6.26 Å². The molecule has 0 bridgehead atoms. The van der Waals surface area contributed by atoms with Crippen LogP contribution in [0.15, 0.2) is 58.2 Å². The molecule has 0 fully saturated rings. The maximum Gasteiger partial charge on any atom is 0.259 e. The highest BCUT2D eigenvalue weighted by atomic mass is 32.2. The molecule has 6 heteroatoms. The summed E-state index contributed by atoms with van der Waals surface area (Å²) in [5.41, 5.74) is 1.25. The van der Waals surface area contributed by atoms with Crippen molar-refractivity contribution in [1.82, 2.24) is 9.97 Å². The van der Waals surface area contributed by atoms with E-state index in [4.69, 9.17) is 0 Å². The van der Waals surface area contributed by atoms with Crippen molar-refractivity contribution in [3.05, 3.63) is 70.3 Å². The summed E-state index contributed by atoms with van der Waals surface area (Å²) in [7, 11) is -3.20. The quantitative estimate of drug-likeness (QED) is 0.802. The van der Waals surface area contributed by atoms with E-state index in [1.807, 2.05) is 6.07 Å². The summed E-state index contributed by atoms with van der Waals surface area (Å²) in [6, 6.07) is 13.6. The fourth-order valence-electron chi connectivity index (χ4n) is 2.18. The molecule has 3 rings (SSSR count). The van der Waals surface area contributed by atoms with Crippen molar-refractivity contribution < 1.29 is 8.42 Å². The Bertz CT molecular complexity index is 1050. The Morgan fingerprint density at radius 2 is 1.70 bits per heavy atom. The molecule has 5 nitrogen and oxygen atoms in total. The molecule has 3 aromatic rings. The summed E-state index contributed by atoms with van der Waals surface area (Å²) in [6.07, 6.45) is 4.62. The largest absolute Gasteiger partial charge is 0.306 e.